The van der Waals surface area contributed by atoms with Gasteiger partial charge in [-0.05, 0) is 42.7 Å². The van der Waals surface area contributed by atoms with Gasteiger partial charge in [0.15, 0.2) is 0 Å². The van der Waals surface area contributed by atoms with Gasteiger partial charge in [-0.25, -0.2) is 0 Å². The van der Waals surface area contributed by atoms with Crippen molar-refractivity contribution in [1.82, 2.24) is 0 Å². The molecular weight excluding hydrogens is 283 g/mol. The van der Waals surface area contributed by atoms with Crippen LogP contribution in [0.5, 0.6) is 0 Å². The van der Waals surface area contributed by atoms with Crippen molar-refractivity contribution in [2.75, 3.05) is 6.35 Å². The molecule has 0 radical (unpaired) electrons. The normalized spacial score (nSPS) is 29.3. The number of aliphatic hydroxyl groups excluding tert-OH is 1. The highest BCUT2D eigenvalue weighted by molar-refractivity contribution is 7.66. The molecule has 3 nitrogen and oxygen atoms in total. The van der Waals surface area contributed by atoms with Crippen LogP contribution < -0.4 is 5.30 Å². The van der Waals surface area contributed by atoms with E-state index in [9.17, 15) is 9.67 Å². The lowest BCUT2D eigenvalue weighted by Crippen LogP contribution is -2.34. The van der Waals surface area contributed by atoms with E-state index in [4.69, 9.17) is 4.52 Å². The van der Waals surface area contributed by atoms with Gasteiger partial charge in [-0.3, -0.25) is 4.57 Å². The summed E-state index contributed by atoms with van der Waals surface area (Å²) in [6.07, 6.45) is 2.81. The van der Waals surface area contributed by atoms with Gasteiger partial charge in [0.2, 0.25) is 0 Å². The predicted molar refractivity (Wildman–Crippen MR) is 87.0 cm³/mol. The average Bonchev–Trinajstić information content (AvgIpc) is 2.47. The van der Waals surface area contributed by atoms with Gasteiger partial charge in [-0.2, -0.15) is 0 Å². The highest BCUT2D eigenvalue weighted by atomic mass is 31.2. The average molecular weight is 310 g/mol. The SMILES string of the molecule is CC1CCC(C(C)C)C(O[P@](=O)(CO)c2ccccc2)C1. The van der Waals surface area contributed by atoms with Crippen LogP contribution in [0.2, 0.25) is 0 Å². The molecule has 1 N–H and O–H groups in total. The second kappa shape index (κ2) is 7.09. The molecule has 1 fully saturated rings. The smallest absolute Gasteiger partial charge is 0.256 e. The van der Waals surface area contributed by atoms with Gasteiger partial charge in [-0.15, -0.1) is 0 Å². The summed E-state index contributed by atoms with van der Waals surface area (Å²) < 4.78 is 19.1. The standard InChI is InChI=1S/C17H27O3P/c1-13(2)16-10-9-14(3)11-17(16)20-21(19,12-18)15-7-5-4-6-8-15/h4-8,13-14,16-18H,9-12H2,1-3H3/t14?,16?,17?,21-/m1/s1. The van der Waals surface area contributed by atoms with Crippen molar-refractivity contribution in [2.45, 2.75) is 46.1 Å². The Labute approximate surface area is 128 Å². The molecule has 0 aliphatic heterocycles. The fraction of sp³-hybridized carbons (Fsp3) is 0.647. The van der Waals surface area contributed by atoms with Crippen LogP contribution in [-0.2, 0) is 9.09 Å². The van der Waals surface area contributed by atoms with Crippen LogP contribution in [0.3, 0.4) is 0 Å². The Bertz CT molecular complexity index is 486. The molecule has 4 heteroatoms. The summed E-state index contributed by atoms with van der Waals surface area (Å²) in [5.74, 6) is 1.52. The number of hydrogen-bond acceptors (Lipinski definition) is 3. The monoisotopic (exact) mass is 310 g/mol. The largest absolute Gasteiger partial charge is 0.386 e. The maximum absolute atomic E-state index is 13.1. The minimum absolute atomic E-state index is 0.0214. The van der Waals surface area contributed by atoms with Crippen molar-refractivity contribution < 1.29 is 14.2 Å². The van der Waals surface area contributed by atoms with Crippen LogP contribution in [0.15, 0.2) is 30.3 Å². The van der Waals surface area contributed by atoms with Crippen LogP contribution in [0.25, 0.3) is 0 Å². The lowest BCUT2D eigenvalue weighted by Gasteiger charge is -2.38. The molecule has 0 bridgehead atoms. The molecule has 0 spiro atoms. The highest BCUT2D eigenvalue weighted by Gasteiger charge is 2.37. The quantitative estimate of drug-likeness (QED) is 0.836. The summed E-state index contributed by atoms with van der Waals surface area (Å²) in [5.41, 5.74) is 0. The van der Waals surface area contributed by atoms with Crippen molar-refractivity contribution in [3.8, 4) is 0 Å². The molecule has 0 saturated heterocycles. The van der Waals surface area contributed by atoms with Crippen molar-refractivity contribution >= 4 is 12.7 Å². The van der Waals surface area contributed by atoms with Gasteiger partial charge in [0.25, 0.3) is 7.37 Å². The zero-order valence-corrected chi connectivity index (χ0v) is 14.1. The van der Waals surface area contributed by atoms with Crippen LogP contribution in [0.1, 0.15) is 40.0 Å². The van der Waals surface area contributed by atoms with Crippen LogP contribution >= 0.6 is 7.37 Å². The van der Waals surface area contributed by atoms with E-state index < -0.39 is 13.7 Å². The Morgan fingerprint density at radius 1 is 1.29 bits per heavy atom. The van der Waals surface area contributed by atoms with Gasteiger partial charge in [-0.1, -0.05) is 45.4 Å². The molecule has 1 aromatic carbocycles. The Morgan fingerprint density at radius 3 is 2.52 bits per heavy atom. The Hall–Kier alpha value is -0.630. The minimum atomic E-state index is -3.17. The van der Waals surface area contributed by atoms with Crippen molar-refractivity contribution in [2.24, 2.45) is 17.8 Å². The third kappa shape index (κ3) is 3.97. The third-order valence-corrected chi connectivity index (χ3v) is 6.67. The van der Waals surface area contributed by atoms with Crippen LogP contribution in [-0.4, -0.2) is 17.6 Å². The van der Waals surface area contributed by atoms with Crippen LogP contribution in [0, 0.1) is 17.8 Å². The van der Waals surface area contributed by atoms with Crippen molar-refractivity contribution in [3.63, 3.8) is 0 Å². The van der Waals surface area contributed by atoms with Gasteiger partial charge in [0.05, 0.1) is 6.10 Å². The van der Waals surface area contributed by atoms with E-state index >= 15 is 0 Å². The Balaban J connectivity index is 2.21. The molecule has 0 aromatic heterocycles. The Morgan fingerprint density at radius 2 is 1.95 bits per heavy atom. The van der Waals surface area contributed by atoms with Gasteiger partial charge < -0.3 is 9.63 Å². The molecule has 0 amide bonds. The maximum Gasteiger partial charge on any atom is 0.256 e. The Kier molecular flexibility index (Phi) is 5.65. The molecule has 21 heavy (non-hydrogen) atoms. The van der Waals surface area contributed by atoms with E-state index in [0.717, 1.165) is 12.8 Å². The summed E-state index contributed by atoms with van der Waals surface area (Å²) in [6.45, 7) is 6.62. The summed E-state index contributed by atoms with van der Waals surface area (Å²) in [5, 5.41) is 10.3. The summed E-state index contributed by atoms with van der Waals surface area (Å²) in [7, 11) is -3.17. The zero-order valence-electron chi connectivity index (χ0n) is 13.2. The van der Waals surface area contributed by atoms with E-state index in [2.05, 4.69) is 20.8 Å². The second-order valence-corrected chi connectivity index (χ2v) is 8.98. The molecule has 0 heterocycles. The van der Waals surface area contributed by atoms with Crippen molar-refractivity contribution in [1.29, 1.82) is 0 Å². The molecule has 1 aromatic rings. The fourth-order valence-electron chi connectivity index (χ4n) is 3.29. The summed E-state index contributed by atoms with van der Waals surface area (Å²) in [4.78, 5) is 0. The maximum atomic E-state index is 13.1. The van der Waals surface area contributed by atoms with Gasteiger partial charge in [0, 0.05) is 5.30 Å². The number of rotatable bonds is 5. The first-order valence-corrected chi connectivity index (χ1v) is 9.71. The summed E-state index contributed by atoms with van der Waals surface area (Å²) in [6, 6.07) is 9.13. The third-order valence-electron chi connectivity index (χ3n) is 4.60. The molecule has 2 rings (SSSR count). The fourth-order valence-corrected chi connectivity index (χ4v) is 4.94. The predicted octanol–water partition coefficient (Wildman–Crippen LogP) is 4.02. The zero-order chi connectivity index (χ0) is 15.5. The van der Waals surface area contributed by atoms with E-state index in [0.29, 0.717) is 23.1 Å². The molecule has 4 atom stereocenters. The molecule has 3 unspecified atom stereocenters. The lowest BCUT2D eigenvalue weighted by atomic mass is 9.75. The second-order valence-electron chi connectivity index (χ2n) is 6.62. The first-order valence-electron chi connectivity index (χ1n) is 7.90. The molecule has 1 aliphatic carbocycles. The highest BCUT2D eigenvalue weighted by Crippen LogP contribution is 2.50. The molecule has 1 saturated carbocycles. The van der Waals surface area contributed by atoms with E-state index in [-0.39, 0.29) is 6.10 Å². The summed E-state index contributed by atoms with van der Waals surface area (Å²) >= 11 is 0. The van der Waals surface area contributed by atoms with E-state index in [1.54, 1.807) is 12.1 Å². The number of aliphatic hydroxyl groups is 1. The first-order chi connectivity index (χ1) is 9.96. The van der Waals surface area contributed by atoms with Gasteiger partial charge in [0.1, 0.15) is 6.35 Å². The molecular formula is C17H27O3P. The van der Waals surface area contributed by atoms with Gasteiger partial charge >= 0.3 is 0 Å². The van der Waals surface area contributed by atoms with Crippen molar-refractivity contribution in [3.05, 3.63) is 30.3 Å². The lowest BCUT2D eigenvalue weighted by molar-refractivity contribution is 0.0471. The van der Waals surface area contributed by atoms with E-state index in [1.165, 1.54) is 6.42 Å². The molecule has 1 aliphatic rings. The minimum Gasteiger partial charge on any atom is -0.386 e. The first kappa shape index (κ1) is 16.7. The number of benzene rings is 1. The number of hydrogen-bond donors (Lipinski definition) is 1. The molecule has 118 valence electrons. The topological polar surface area (TPSA) is 46.5 Å². The van der Waals surface area contributed by atoms with Crippen LogP contribution in [0.4, 0.5) is 0 Å². The van der Waals surface area contributed by atoms with E-state index in [1.807, 2.05) is 18.2 Å².